The molecule has 19 heavy (non-hydrogen) atoms. The van der Waals surface area contributed by atoms with Crippen LogP contribution in [0.2, 0.25) is 0 Å². The molecule has 0 spiro atoms. The average Bonchev–Trinajstić information content (AvgIpc) is 2.24. The molecule has 0 saturated heterocycles. The van der Waals surface area contributed by atoms with Crippen LogP contribution in [0.4, 0.5) is 8.78 Å². The Kier molecular flexibility index (Phi) is 5.82. The van der Waals surface area contributed by atoms with Crippen molar-refractivity contribution in [3.8, 4) is 0 Å². The average molecular weight is 271 g/mol. The van der Waals surface area contributed by atoms with Gasteiger partial charge < -0.3 is 5.32 Å². The maximum atomic E-state index is 12.2. The molecular weight excluding hydrogens is 248 g/mol. The third kappa shape index (κ3) is 7.18. The number of hydrogen-bond acceptors (Lipinski definition) is 3. The lowest BCUT2D eigenvalue weighted by Crippen LogP contribution is -2.35. The Bertz CT molecular complexity index is 389. The van der Waals surface area contributed by atoms with Gasteiger partial charge in [0.2, 0.25) is 0 Å². The molecule has 0 unspecified atom stereocenters. The number of aromatic nitrogens is 1. The van der Waals surface area contributed by atoms with Gasteiger partial charge in [-0.25, -0.2) is 8.78 Å². The van der Waals surface area contributed by atoms with Crippen molar-refractivity contribution >= 4 is 0 Å². The number of nitrogens with zero attached hydrogens (tertiary/aromatic N) is 2. The number of halogens is 2. The molecule has 0 bridgehead atoms. The van der Waals surface area contributed by atoms with Gasteiger partial charge >= 0.3 is 0 Å². The minimum Gasteiger partial charge on any atom is -0.306 e. The first kappa shape index (κ1) is 16.0. The van der Waals surface area contributed by atoms with Gasteiger partial charge in [0.15, 0.2) is 0 Å². The van der Waals surface area contributed by atoms with Crippen molar-refractivity contribution < 1.29 is 8.78 Å². The molecule has 1 N–H and O–H groups in total. The molecule has 0 amide bonds. The third-order valence-electron chi connectivity index (χ3n) is 2.55. The Morgan fingerprint density at radius 3 is 2.47 bits per heavy atom. The first-order chi connectivity index (χ1) is 8.76. The fourth-order valence-electron chi connectivity index (χ4n) is 1.65. The molecule has 5 heteroatoms. The summed E-state index contributed by atoms with van der Waals surface area (Å²) in [7, 11) is 1.67. The molecule has 0 aliphatic heterocycles. The molecule has 1 aromatic heterocycles. The van der Waals surface area contributed by atoms with E-state index >= 15 is 0 Å². The van der Waals surface area contributed by atoms with E-state index in [1.807, 2.05) is 18.2 Å². The normalized spacial score (nSPS) is 12.4. The van der Waals surface area contributed by atoms with Crippen molar-refractivity contribution in [1.82, 2.24) is 15.2 Å². The molecule has 1 rings (SSSR count). The maximum absolute atomic E-state index is 12.2. The predicted octanol–water partition coefficient (Wildman–Crippen LogP) is 2.67. The minimum absolute atomic E-state index is 0.0319. The number of alkyl halides is 2. The summed E-state index contributed by atoms with van der Waals surface area (Å²) in [5.41, 5.74) is 1.78. The Balaban J connectivity index is 2.57. The summed E-state index contributed by atoms with van der Waals surface area (Å²) in [4.78, 5) is 6.05. The summed E-state index contributed by atoms with van der Waals surface area (Å²) in [5.74, 6) is 0. The molecule has 0 saturated carbocycles. The molecule has 0 radical (unpaired) electrons. The zero-order valence-corrected chi connectivity index (χ0v) is 12.1. The molecule has 0 aliphatic carbocycles. The zero-order valence-electron chi connectivity index (χ0n) is 12.1. The van der Waals surface area contributed by atoms with Gasteiger partial charge in [-0.15, -0.1) is 0 Å². The van der Waals surface area contributed by atoms with Crippen LogP contribution in [0.5, 0.6) is 0 Å². The van der Waals surface area contributed by atoms with E-state index in [1.54, 1.807) is 11.9 Å². The van der Waals surface area contributed by atoms with E-state index in [9.17, 15) is 8.78 Å². The SMILES string of the molecule is CN(Cc1cccc(CNC(C)(C)C)n1)CC(F)F. The lowest BCUT2D eigenvalue weighted by atomic mass is 10.1. The monoisotopic (exact) mass is 271 g/mol. The Hall–Kier alpha value is -1.07. The first-order valence-corrected chi connectivity index (χ1v) is 6.43. The molecule has 0 aromatic carbocycles. The van der Waals surface area contributed by atoms with Gasteiger partial charge in [-0.05, 0) is 40.0 Å². The van der Waals surface area contributed by atoms with E-state index in [1.165, 1.54) is 0 Å². The van der Waals surface area contributed by atoms with Crippen LogP contribution in [0.25, 0.3) is 0 Å². The molecule has 108 valence electrons. The first-order valence-electron chi connectivity index (χ1n) is 6.43. The van der Waals surface area contributed by atoms with Crippen LogP contribution in [0.3, 0.4) is 0 Å². The van der Waals surface area contributed by atoms with Crippen LogP contribution in [0.15, 0.2) is 18.2 Å². The summed E-state index contributed by atoms with van der Waals surface area (Å²) in [6.45, 7) is 7.16. The fraction of sp³-hybridized carbons (Fsp3) is 0.643. The molecule has 0 atom stereocenters. The Morgan fingerprint density at radius 2 is 1.89 bits per heavy atom. The summed E-state index contributed by atoms with van der Waals surface area (Å²) >= 11 is 0. The molecule has 0 aliphatic rings. The summed E-state index contributed by atoms with van der Waals surface area (Å²) in [6.07, 6.45) is -2.31. The second kappa shape index (κ2) is 6.91. The largest absolute Gasteiger partial charge is 0.306 e. The zero-order chi connectivity index (χ0) is 14.5. The van der Waals surface area contributed by atoms with Crippen LogP contribution >= 0.6 is 0 Å². The predicted molar refractivity (Wildman–Crippen MR) is 73.2 cm³/mol. The third-order valence-corrected chi connectivity index (χ3v) is 2.55. The van der Waals surface area contributed by atoms with E-state index in [0.717, 1.165) is 11.4 Å². The van der Waals surface area contributed by atoms with E-state index in [2.05, 4.69) is 31.1 Å². The highest BCUT2D eigenvalue weighted by Crippen LogP contribution is 2.06. The van der Waals surface area contributed by atoms with Crippen molar-refractivity contribution in [2.45, 2.75) is 45.8 Å². The molecule has 1 heterocycles. The Morgan fingerprint density at radius 1 is 1.26 bits per heavy atom. The van der Waals surface area contributed by atoms with E-state index in [0.29, 0.717) is 13.1 Å². The van der Waals surface area contributed by atoms with Gasteiger partial charge in [0.25, 0.3) is 6.43 Å². The van der Waals surface area contributed by atoms with Crippen molar-refractivity contribution in [2.75, 3.05) is 13.6 Å². The number of pyridine rings is 1. The highest BCUT2D eigenvalue weighted by molar-refractivity contribution is 5.11. The number of hydrogen-bond donors (Lipinski definition) is 1. The fourth-order valence-corrected chi connectivity index (χ4v) is 1.65. The summed E-state index contributed by atoms with van der Waals surface area (Å²) in [5, 5.41) is 3.35. The van der Waals surface area contributed by atoms with Crippen molar-refractivity contribution in [2.24, 2.45) is 0 Å². The smallest absolute Gasteiger partial charge is 0.251 e. The summed E-state index contributed by atoms with van der Waals surface area (Å²) in [6, 6.07) is 5.72. The molecule has 1 aromatic rings. The van der Waals surface area contributed by atoms with Gasteiger partial charge in [0, 0.05) is 18.6 Å². The molecule has 0 fully saturated rings. The molecular formula is C14H23F2N3. The second-order valence-electron chi connectivity index (χ2n) is 5.81. The van der Waals surface area contributed by atoms with Crippen LogP contribution in [0.1, 0.15) is 32.2 Å². The van der Waals surface area contributed by atoms with E-state index in [4.69, 9.17) is 0 Å². The van der Waals surface area contributed by atoms with Crippen molar-refractivity contribution in [1.29, 1.82) is 0 Å². The quantitative estimate of drug-likeness (QED) is 0.862. The van der Waals surface area contributed by atoms with Crippen LogP contribution in [-0.2, 0) is 13.1 Å². The number of nitrogens with one attached hydrogen (secondary N) is 1. The highest BCUT2D eigenvalue weighted by atomic mass is 19.3. The van der Waals surface area contributed by atoms with Crippen LogP contribution in [0, 0.1) is 0 Å². The van der Waals surface area contributed by atoms with Crippen molar-refractivity contribution in [3.05, 3.63) is 29.6 Å². The molecule has 3 nitrogen and oxygen atoms in total. The highest BCUT2D eigenvalue weighted by Gasteiger charge is 2.11. The topological polar surface area (TPSA) is 28.2 Å². The lowest BCUT2D eigenvalue weighted by Gasteiger charge is -2.20. The maximum Gasteiger partial charge on any atom is 0.251 e. The van der Waals surface area contributed by atoms with Crippen LogP contribution in [-0.4, -0.2) is 35.4 Å². The van der Waals surface area contributed by atoms with Gasteiger partial charge in [-0.2, -0.15) is 0 Å². The second-order valence-corrected chi connectivity index (χ2v) is 5.81. The van der Waals surface area contributed by atoms with Crippen molar-refractivity contribution in [3.63, 3.8) is 0 Å². The van der Waals surface area contributed by atoms with Crippen LogP contribution < -0.4 is 5.32 Å². The van der Waals surface area contributed by atoms with Gasteiger partial charge in [-0.1, -0.05) is 6.07 Å². The standard InChI is InChI=1S/C14H23F2N3/c1-14(2,3)17-8-11-6-5-7-12(18-11)9-19(4)10-13(15)16/h5-7,13,17H,8-10H2,1-4H3. The van der Waals surface area contributed by atoms with E-state index < -0.39 is 6.43 Å². The number of rotatable bonds is 6. The lowest BCUT2D eigenvalue weighted by molar-refractivity contribution is 0.0970. The summed E-state index contributed by atoms with van der Waals surface area (Å²) < 4.78 is 24.5. The van der Waals surface area contributed by atoms with E-state index in [-0.39, 0.29) is 12.1 Å². The van der Waals surface area contributed by atoms with Gasteiger partial charge in [0.1, 0.15) is 0 Å². The van der Waals surface area contributed by atoms with Gasteiger partial charge in [0.05, 0.1) is 17.9 Å². The van der Waals surface area contributed by atoms with Gasteiger partial charge in [-0.3, -0.25) is 9.88 Å². The minimum atomic E-state index is -2.31. The Labute approximate surface area is 114 Å².